The maximum atomic E-state index is 13.7. The Hall–Kier alpha value is -4.29. The Morgan fingerprint density at radius 2 is 2.06 bits per heavy atom. The Labute approximate surface area is 193 Å². The molecule has 9 nitrogen and oxygen atoms in total. The van der Waals surface area contributed by atoms with Gasteiger partial charge in [-0.2, -0.15) is 10.2 Å². The van der Waals surface area contributed by atoms with E-state index >= 15 is 0 Å². The van der Waals surface area contributed by atoms with Crippen LogP contribution >= 0.6 is 11.6 Å². The average Bonchev–Trinajstić information content (AvgIpc) is 3.27. The minimum absolute atomic E-state index is 0.0298. The zero-order valence-electron chi connectivity index (χ0n) is 17.4. The van der Waals surface area contributed by atoms with E-state index in [1.807, 2.05) is 25.1 Å². The molecule has 1 aliphatic rings. The van der Waals surface area contributed by atoms with Gasteiger partial charge in [-0.25, -0.2) is 4.98 Å². The smallest absolute Gasteiger partial charge is 0.264 e. The van der Waals surface area contributed by atoms with Crippen molar-refractivity contribution in [3.63, 3.8) is 0 Å². The molecule has 3 N–H and O–H groups in total. The molecule has 0 fully saturated rings. The van der Waals surface area contributed by atoms with Crippen molar-refractivity contribution >= 4 is 34.1 Å². The van der Waals surface area contributed by atoms with Crippen molar-refractivity contribution in [2.24, 2.45) is 0 Å². The molecule has 5 rings (SSSR count). The molecular formula is C23H17ClN6O3. The van der Waals surface area contributed by atoms with Gasteiger partial charge in [0.2, 0.25) is 12.7 Å². The highest BCUT2D eigenvalue weighted by Gasteiger charge is 2.21. The molecule has 0 saturated heterocycles. The van der Waals surface area contributed by atoms with Crippen molar-refractivity contribution in [2.45, 2.75) is 13.0 Å². The topological polar surface area (TPSA) is 128 Å². The van der Waals surface area contributed by atoms with E-state index in [0.717, 1.165) is 0 Å². The van der Waals surface area contributed by atoms with Crippen molar-refractivity contribution in [1.29, 1.82) is 5.26 Å². The summed E-state index contributed by atoms with van der Waals surface area (Å²) in [6, 6.07) is 14.0. The van der Waals surface area contributed by atoms with Gasteiger partial charge in [0.1, 0.15) is 17.5 Å². The van der Waals surface area contributed by atoms with E-state index in [1.54, 1.807) is 34.9 Å². The summed E-state index contributed by atoms with van der Waals surface area (Å²) in [5, 5.41) is 14.1. The molecule has 1 aliphatic heterocycles. The molecule has 0 saturated carbocycles. The maximum Gasteiger partial charge on any atom is 0.264 e. The molecule has 2 aromatic heterocycles. The van der Waals surface area contributed by atoms with Gasteiger partial charge in [0.25, 0.3) is 5.56 Å². The predicted molar refractivity (Wildman–Crippen MR) is 124 cm³/mol. The van der Waals surface area contributed by atoms with E-state index in [9.17, 15) is 10.1 Å². The second-order valence-electron chi connectivity index (χ2n) is 7.42. The number of rotatable bonds is 4. The highest BCUT2D eigenvalue weighted by Crippen LogP contribution is 2.35. The number of fused-ring (bicyclic) bond motifs is 2. The number of anilines is 2. The van der Waals surface area contributed by atoms with E-state index in [2.05, 4.69) is 15.3 Å². The monoisotopic (exact) mass is 460 g/mol. The molecular weight excluding hydrogens is 444 g/mol. The molecule has 3 heterocycles. The van der Waals surface area contributed by atoms with Crippen LogP contribution in [0.15, 0.2) is 53.5 Å². The Kier molecular flexibility index (Phi) is 4.99. The van der Waals surface area contributed by atoms with Crippen LogP contribution in [0, 0.1) is 11.3 Å². The first-order valence-electron chi connectivity index (χ1n) is 9.99. The van der Waals surface area contributed by atoms with Gasteiger partial charge in [-0.05, 0) is 36.6 Å². The molecule has 0 spiro atoms. The summed E-state index contributed by atoms with van der Waals surface area (Å²) in [4.78, 5) is 21.7. The number of hydrogen-bond acceptors (Lipinski definition) is 8. The fraction of sp³-hybridized carbons (Fsp3) is 0.130. The molecule has 0 bridgehead atoms. The number of aromatic nitrogens is 3. The van der Waals surface area contributed by atoms with Gasteiger partial charge < -0.3 is 20.5 Å². The zero-order valence-corrected chi connectivity index (χ0v) is 18.1. The molecule has 1 atom stereocenters. The van der Waals surface area contributed by atoms with Gasteiger partial charge in [0, 0.05) is 11.8 Å². The summed E-state index contributed by atoms with van der Waals surface area (Å²) in [6.07, 6.45) is 1.35. The van der Waals surface area contributed by atoms with Crippen molar-refractivity contribution in [2.75, 3.05) is 17.8 Å². The molecule has 0 amide bonds. The summed E-state index contributed by atoms with van der Waals surface area (Å²) in [5.41, 5.74) is 6.86. The quantitative estimate of drug-likeness (QED) is 0.470. The zero-order chi connectivity index (χ0) is 23.1. The van der Waals surface area contributed by atoms with Gasteiger partial charge in [0.05, 0.1) is 28.3 Å². The molecule has 2 aromatic carbocycles. The third-order valence-electron chi connectivity index (χ3n) is 5.36. The lowest BCUT2D eigenvalue weighted by Gasteiger charge is -2.22. The number of benzene rings is 2. The molecule has 0 aliphatic carbocycles. The Morgan fingerprint density at radius 1 is 1.24 bits per heavy atom. The van der Waals surface area contributed by atoms with Crippen LogP contribution in [0.25, 0.3) is 16.5 Å². The lowest BCUT2D eigenvalue weighted by atomic mass is 10.1. The minimum Gasteiger partial charge on any atom is -0.454 e. The molecule has 4 aromatic rings. The standard InChI is InChI=1S/C23H17ClN6O3/c1-12(28-21-14(9-25)10-27-23(26)29-21)17-7-13-3-2-4-16(24)20(13)22(31)30(17)15-5-6-18-19(8-15)33-11-32-18/h2-8,10,12H,11H2,1H3,(H3,26,27,28,29)/t12-/m0/s1. The van der Waals surface area contributed by atoms with E-state index in [-0.39, 0.29) is 29.7 Å². The first-order valence-corrected chi connectivity index (χ1v) is 10.4. The Balaban J connectivity index is 1.71. The summed E-state index contributed by atoms with van der Waals surface area (Å²) >= 11 is 6.39. The number of ether oxygens (including phenoxy) is 2. The Morgan fingerprint density at radius 3 is 2.88 bits per heavy atom. The van der Waals surface area contributed by atoms with E-state index < -0.39 is 6.04 Å². The number of nitrogens with two attached hydrogens (primary N) is 1. The second kappa shape index (κ2) is 8.00. The predicted octanol–water partition coefficient (Wildman–Crippen LogP) is 3.79. The van der Waals surface area contributed by atoms with Crippen LogP contribution in [0.3, 0.4) is 0 Å². The van der Waals surface area contributed by atoms with Gasteiger partial charge in [-0.1, -0.05) is 23.7 Å². The van der Waals surface area contributed by atoms with E-state index in [0.29, 0.717) is 38.7 Å². The lowest BCUT2D eigenvalue weighted by Crippen LogP contribution is -2.26. The van der Waals surface area contributed by atoms with Crippen LogP contribution in [-0.4, -0.2) is 21.3 Å². The SMILES string of the molecule is C[C@H](Nc1nc(N)ncc1C#N)c1cc2cccc(Cl)c2c(=O)n1-c1ccc2c(c1)OCO2. The number of pyridine rings is 1. The fourth-order valence-electron chi connectivity index (χ4n) is 3.82. The summed E-state index contributed by atoms with van der Waals surface area (Å²) in [5.74, 6) is 1.45. The largest absolute Gasteiger partial charge is 0.454 e. The second-order valence-corrected chi connectivity index (χ2v) is 7.83. The van der Waals surface area contributed by atoms with Crippen molar-refractivity contribution < 1.29 is 9.47 Å². The average molecular weight is 461 g/mol. The lowest BCUT2D eigenvalue weighted by molar-refractivity contribution is 0.174. The van der Waals surface area contributed by atoms with Crippen LogP contribution in [0.4, 0.5) is 11.8 Å². The molecule has 33 heavy (non-hydrogen) atoms. The van der Waals surface area contributed by atoms with E-state index in [1.165, 1.54) is 6.20 Å². The Bertz CT molecular complexity index is 1510. The molecule has 164 valence electrons. The number of nitrogens with zero attached hydrogens (tertiary/aromatic N) is 4. The first-order chi connectivity index (χ1) is 16.0. The molecule has 0 unspecified atom stereocenters. The van der Waals surface area contributed by atoms with Crippen molar-refractivity contribution in [1.82, 2.24) is 14.5 Å². The van der Waals surface area contributed by atoms with Crippen LogP contribution < -0.4 is 26.1 Å². The third kappa shape index (κ3) is 3.56. The van der Waals surface area contributed by atoms with E-state index in [4.69, 9.17) is 26.8 Å². The normalized spacial score (nSPS) is 13.0. The fourth-order valence-corrected chi connectivity index (χ4v) is 4.08. The number of hydrogen-bond donors (Lipinski definition) is 2. The summed E-state index contributed by atoms with van der Waals surface area (Å²) in [6.45, 7) is 1.97. The van der Waals surface area contributed by atoms with Crippen LogP contribution in [0.2, 0.25) is 5.02 Å². The highest BCUT2D eigenvalue weighted by molar-refractivity contribution is 6.35. The number of nitrogens with one attached hydrogen (secondary N) is 1. The minimum atomic E-state index is -0.451. The van der Waals surface area contributed by atoms with Gasteiger partial charge in [0.15, 0.2) is 11.5 Å². The first kappa shape index (κ1) is 20.6. The number of nitrogen functional groups attached to an aromatic ring is 1. The summed E-state index contributed by atoms with van der Waals surface area (Å²) in [7, 11) is 0. The van der Waals surface area contributed by atoms with Crippen molar-refractivity contribution in [3.8, 4) is 23.3 Å². The molecule has 10 heteroatoms. The number of nitriles is 1. The summed E-state index contributed by atoms with van der Waals surface area (Å²) < 4.78 is 12.5. The van der Waals surface area contributed by atoms with Gasteiger partial charge in [-0.3, -0.25) is 9.36 Å². The van der Waals surface area contributed by atoms with Crippen molar-refractivity contribution in [3.05, 3.63) is 75.3 Å². The number of halogens is 1. The highest BCUT2D eigenvalue weighted by atomic mass is 35.5. The van der Waals surface area contributed by atoms with Gasteiger partial charge in [-0.15, -0.1) is 0 Å². The van der Waals surface area contributed by atoms with Crippen LogP contribution in [-0.2, 0) is 0 Å². The third-order valence-corrected chi connectivity index (χ3v) is 5.68. The maximum absolute atomic E-state index is 13.7. The van der Waals surface area contributed by atoms with Crippen LogP contribution in [0.1, 0.15) is 24.2 Å². The molecule has 0 radical (unpaired) electrons. The van der Waals surface area contributed by atoms with Gasteiger partial charge >= 0.3 is 0 Å². The van der Waals surface area contributed by atoms with Crippen LogP contribution in [0.5, 0.6) is 11.5 Å².